The molecular weight excluding hydrogens is 630 g/mol. The molecule has 6 atom stereocenters. The van der Waals surface area contributed by atoms with Crippen LogP contribution in [0.5, 0.6) is 0 Å². The van der Waals surface area contributed by atoms with Gasteiger partial charge in [0.15, 0.2) is 6.29 Å². The van der Waals surface area contributed by atoms with Crippen LogP contribution < -0.4 is 5.32 Å². The first-order chi connectivity index (χ1) is 24.1. The number of ether oxygens (including phenoxy) is 2. The fourth-order valence-corrected chi connectivity index (χ4v) is 8.34. The van der Waals surface area contributed by atoms with E-state index >= 15 is 0 Å². The highest BCUT2D eigenvalue weighted by atomic mass is 16.7. The molecule has 50 heavy (non-hydrogen) atoms. The minimum atomic E-state index is -0.654. The third kappa shape index (κ3) is 7.28. The number of nitrogens with zero attached hydrogens (tertiary/aromatic N) is 2. The van der Waals surface area contributed by atoms with Crippen molar-refractivity contribution in [2.24, 2.45) is 5.92 Å². The van der Waals surface area contributed by atoms with Crippen LogP contribution in [0.1, 0.15) is 121 Å². The minimum Gasteiger partial charge on any atom is -0.392 e. The van der Waals surface area contributed by atoms with Crippen LogP contribution in [0.2, 0.25) is 0 Å². The lowest BCUT2D eigenvalue weighted by Gasteiger charge is -2.50. The van der Waals surface area contributed by atoms with Gasteiger partial charge in [-0.05, 0) is 81.2 Å². The molecule has 3 aliphatic heterocycles. The Kier molecular flexibility index (Phi) is 9.94. The van der Waals surface area contributed by atoms with E-state index in [2.05, 4.69) is 10.2 Å². The van der Waals surface area contributed by atoms with Crippen molar-refractivity contribution in [2.75, 3.05) is 6.54 Å². The van der Waals surface area contributed by atoms with Gasteiger partial charge in [0.2, 0.25) is 5.91 Å². The van der Waals surface area contributed by atoms with Crippen molar-refractivity contribution >= 4 is 17.7 Å². The third-order valence-electron chi connectivity index (χ3n) is 10.8. The van der Waals surface area contributed by atoms with Gasteiger partial charge in [-0.15, -0.1) is 0 Å². The lowest BCUT2D eigenvalue weighted by molar-refractivity contribution is -0.255. The number of carbonyl (C=O) groups excluding carboxylic acids is 3. The number of aliphatic hydroxyl groups is 1. The summed E-state index contributed by atoms with van der Waals surface area (Å²) in [5.41, 5.74) is 4.09. The van der Waals surface area contributed by atoms with E-state index in [-0.39, 0.29) is 54.7 Å². The van der Waals surface area contributed by atoms with Crippen LogP contribution in [-0.2, 0) is 27.4 Å². The van der Waals surface area contributed by atoms with Crippen molar-refractivity contribution in [3.63, 3.8) is 0 Å². The molecule has 3 fully saturated rings. The smallest absolute Gasteiger partial charge is 0.261 e. The van der Waals surface area contributed by atoms with Gasteiger partial charge in [0, 0.05) is 30.1 Å². The summed E-state index contributed by atoms with van der Waals surface area (Å²) >= 11 is 0. The maximum atomic E-state index is 13.7. The lowest BCUT2D eigenvalue weighted by Crippen LogP contribution is -2.61. The predicted molar refractivity (Wildman–Crippen MR) is 189 cm³/mol. The molecule has 9 heteroatoms. The summed E-state index contributed by atoms with van der Waals surface area (Å²) in [5, 5.41) is 12.9. The molecule has 0 spiro atoms. The normalized spacial score (nSPS) is 27.2. The fourth-order valence-electron chi connectivity index (χ4n) is 8.34. The van der Waals surface area contributed by atoms with Crippen molar-refractivity contribution in [2.45, 2.75) is 115 Å². The van der Waals surface area contributed by atoms with Crippen molar-refractivity contribution in [3.8, 4) is 0 Å². The minimum absolute atomic E-state index is 0.0250. The molecule has 264 valence electrons. The number of hydrogen-bond donors (Lipinski definition) is 2. The summed E-state index contributed by atoms with van der Waals surface area (Å²) in [6.45, 7) is 6.88. The topological polar surface area (TPSA) is 108 Å². The molecule has 2 N–H and O–H groups in total. The quantitative estimate of drug-likeness (QED) is 0.263. The number of hydrogen-bond acceptors (Lipinski definition) is 7. The number of likely N-dealkylation sites (tertiary alicyclic amines) is 1. The summed E-state index contributed by atoms with van der Waals surface area (Å²) < 4.78 is 13.4. The Labute approximate surface area is 294 Å². The zero-order valence-corrected chi connectivity index (χ0v) is 29.3. The molecule has 0 bridgehead atoms. The Hall–Kier alpha value is -3.89. The lowest BCUT2D eigenvalue weighted by atomic mass is 9.75. The molecule has 3 heterocycles. The van der Waals surface area contributed by atoms with E-state index < -0.39 is 6.29 Å². The molecule has 0 radical (unpaired) electrons. The summed E-state index contributed by atoms with van der Waals surface area (Å²) in [6.07, 6.45) is 6.18. The van der Waals surface area contributed by atoms with Gasteiger partial charge >= 0.3 is 0 Å². The molecule has 7 rings (SSSR count). The van der Waals surface area contributed by atoms with Gasteiger partial charge in [0.1, 0.15) is 0 Å². The van der Waals surface area contributed by atoms with Gasteiger partial charge in [-0.1, -0.05) is 73.5 Å². The number of aliphatic hydroxyl groups excluding tert-OH is 1. The summed E-state index contributed by atoms with van der Waals surface area (Å²) in [6, 6.07) is 22.7. The molecule has 0 unspecified atom stereocenters. The van der Waals surface area contributed by atoms with Gasteiger partial charge in [-0.2, -0.15) is 0 Å². The van der Waals surface area contributed by atoms with E-state index in [9.17, 15) is 19.5 Å². The molecule has 2 saturated heterocycles. The SMILES string of the molecule is CC(C)(C)NC(=O)[C@H]1CC[C@H]2CCCC[C@H]2N1C[C@H]1C[C@@H](c2ccc(CO)cc2)O[C@@H](c2ccc(CN3C(=O)c4ccccc4C3=O)cc2)O1. The molecule has 3 amide bonds. The average Bonchev–Trinajstić information content (AvgIpc) is 3.36. The van der Waals surface area contributed by atoms with Crippen molar-refractivity contribution < 1.29 is 29.0 Å². The Bertz CT molecular complexity index is 1670. The largest absolute Gasteiger partial charge is 0.392 e. The van der Waals surface area contributed by atoms with Crippen LogP contribution in [-0.4, -0.2) is 62.9 Å². The summed E-state index contributed by atoms with van der Waals surface area (Å²) in [4.78, 5) is 43.5. The average molecular weight is 680 g/mol. The molecule has 3 aromatic carbocycles. The first-order valence-corrected chi connectivity index (χ1v) is 18.2. The molecule has 3 aromatic rings. The predicted octanol–water partition coefficient (Wildman–Crippen LogP) is 6.46. The van der Waals surface area contributed by atoms with Crippen LogP contribution in [0.3, 0.4) is 0 Å². The van der Waals surface area contributed by atoms with Crippen LogP contribution in [0.4, 0.5) is 0 Å². The fraction of sp³-hybridized carbons (Fsp3) is 0.488. The van der Waals surface area contributed by atoms with Gasteiger partial charge in [-0.3, -0.25) is 24.2 Å². The monoisotopic (exact) mass is 679 g/mol. The molecule has 1 saturated carbocycles. The number of amides is 3. The number of carbonyl (C=O) groups is 3. The number of piperidine rings is 1. The van der Waals surface area contributed by atoms with Crippen molar-refractivity contribution in [1.82, 2.24) is 15.1 Å². The van der Waals surface area contributed by atoms with Gasteiger partial charge in [0.05, 0.1) is 42.5 Å². The maximum absolute atomic E-state index is 13.7. The second kappa shape index (κ2) is 14.4. The van der Waals surface area contributed by atoms with Gasteiger partial charge < -0.3 is 19.9 Å². The first-order valence-electron chi connectivity index (χ1n) is 18.2. The standard InChI is InChI=1S/C41H49N3O6/c1-41(2,3)42-37(46)35-21-20-28-8-4-7-11-34(28)43(35)24-31-22-36(29-16-14-27(25-45)15-17-29)50-40(49-31)30-18-12-26(13-19-30)23-44-38(47)32-9-5-6-10-33(32)39(44)48/h5-6,9-10,12-19,28,31,34-36,40,45H,4,7-8,11,20-25H2,1-3H3,(H,42,46)/t28-,31-,34-,35-,36+,40+/m1/s1. The van der Waals surface area contributed by atoms with E-state index in [0.717, 1.165) is 41.5 Å². The second-order valence-corrected chi connectivity index (χ2v) is 15.5. The highest BCUT2D eigenvalue weighted by molar-refractivity contribution is 6.21. The van der Waals surface area contributed by atoms with Gasteiger partial charge in [-0.25, -0.2) is 0 Å². The Balaban J connectivity index is 1.13. The Morgan fingerprint density at radius 3 is 2.12 bits per heavy atom. The van der Waals surface area contributed by atoms with Gasteiger partial charge in [0.25, 0.3) is 11.8 Å². The zero-order valence-electron chi connectivity index (χ0n) is 29.3. The Morgan fingerprint density at radius 2 is 1.46 bits per heavy atom. The maximum Gasteiger partial charge on any atom is 0.261 e. The van der Waals surface area contributed by atoms with Crippen LogP contribution in [0.15, 0.2) is 72.8 Å². The first kappa shape index (κ1) is 34.6. The third-order valence-corrected chi connectivity index (χ3v) is 10.8. The van der Waals surface area contributed by atoms with E-state index in [0.29, 0.717) is 36.1 Å². The summed E-state index contributed by atoms with van der Waals surface area (Å²) in [7, 11) is 0. The van der Waals surface area contributed by atoms with E-state index in [4.69, 9.17) is 9.47 Å². The Morgan fingerprint density at radius 1 is 0.820 bits per heavy atom. The molecule has 4 aliphatic rings. The number of imide groups is 1. The van der Waals surface area contributed by atoms with E-state index in [1.807, 2.05) is 69.3 Å². The van der Waals surface area contributed by atoms with Crippen LogP contribution in [0.25, 0.3) is 0 Å². The number of fused-ring (bicyclic) bond motifs is 2. The molecular formula is C41H49N3O6. The number of benzene rings is 3. The molecule has 9 nitrogen and oxygen atoms in total. The highest BCUT2D eigenvalue weighted by Crippen LogP contribution is 2.42. The van der Waals surface area contributed by atoms with Crippen molar-refractivity contribution in [3.05, 3.63) is 106 Å². The molecule has 1 aliphatic carbocycles. The van der Waals surface area contributed by atoms with Crippen molar-refractivity contribution in [1.29, 1.82) is 0 Å². The zero-order chi connectivity index (χ0) is 35.0. The van der Waals surface area contributed by atoms with E-state index in [1.165, 1.54) is 24.2 Å². The van der Waals surface area contributed by atoms with Crippen LogP contribution >= 0.6 is 0 Å². The van der Waals surface area contributed by atoms with E-state index in [1.54, 1.807) is 24.3 Å². The highest BCUT2D eigenvalue weighted by Gasteiger charge is 2.44. The number of nitrogens with one attached hydrogen (secondary N) is 1. The van der Waals surface area contributed by atoms with Crippen LogP contribution in [0, 0.1) is 5.92 Å². The molecule has 0 aromatic heterocycles. The number of rotatable bonds is 8. The summed E-state index contributed by atoms with van der Waals surface area (Å²) in [5.74, 6) is 0.127. The second-order valence-electron chi connectivity index (χ2n) is 15.5.